The Hall–Kier alpha value is -0.670. The first-order valence-electron chi connectivity index (χ1n) is 7.67. The van der Waals surface area contributed by atoms with Crippen LogP contribution in [0.25, 0.3) is 0 Å². The van der Waals surface area contributed by atoms with Crippen molar-refractivity contribution < 1.29 is 4.79 Å². The zero-order chi connectivity index (χ0) is 14.1. The van der Waals surface area contributed by atoms with Crippen LogP contribution in [0.3, 0.4) is 0 Å². The van der Waals surface area contributed by atoms with Crippen LogP contribution in [-0.4, -0.2) is 29.8 Å². The van der Waals surface area contributed by atoms with Gasteiger partial charge in [0.25, 0.3) is 0 Å². The van der Waals surface area contributed by atoms with E-state index in [9.17, 15) is 4.79 Å². The Balaban J connectivity index is 1.67. The van der Waals surface area contributed by atoms with Crippen LogP contribution >= 0.6 is 15.9 Å². The Morgan fingerprint density at radius 3 is 2.10 bits per heavy atom. The predicted octanol–water partition coefficient (Wildman–Crippen LogP) is 4.14. The summed E-state index contributed by atoms with van der Waals surface area (Å²) < 4.78 is 1.02. The lowest BCUT2D eigenvalue weighted by atomic mass is 10.0. The highest BCUT2D eigenvalue weighted by atomic mass is 79.9. The second kappa shape index (κ2) is 5.98. The molecular formula is C17H22BrNO. The van der Waals surface area contributed by atoms with E-state index in [0.717, 1.165) is 35.0 Å². The molecule has 0 radical (unpaired) electrons. The van der Waals surface area contributed by atoms with Gasteiger partial charge in [0, 0.05) is 23.1 Å². The number of halogens is 1. The molecule has 2 saturated carbocycles. The summed E-state index contributed by atoms with van der Waals surface area (Å²) in [6.45, 7) is 4.30. The van der Waals surface area contributed by atoms with E-state index in [2.05, 4.69) is 27.8 Å². The summed E-state index contributed by atoms with van der Waals surface area (Å²) in [6.07, 6.45) is 5.39. The molecule has 0 N–H and O–H groups in total. The second-order valence-electron chi connectivity index (χ2n) is 6.39. The van der Waals surface area contributed by atoms with Crippen molar-refractivity contribution in [1.82, 2.24) is 4.90 Å². The molecule has 0 aromatic heterocycles. The number of carbonyl (C=O) groups is 1. The zero-order valence-corrected chi connectivity index (χ0v) is 13.6. The average molecular weight is 336 g/mol. The van der Waals surface area contributed by atoms with Crippen LogP contribution in [0.2, 0.25) is 0 Å². The van der Waals surface area contributed by atoms with Crippen LogP contribution in [0.5, 0.6) is 0 Å². The SMILES string of the molecule is CC(C(=O)c1ccc(Br)cc1)N(CC1CC1)CC1CC1. The number of nitrogens with zero attached hydrogens (tertiary/aromatic N) is 1. The Bertz CT molecular complexity index is 462. The molecule has 0 bridgehead atoms. The number of hydrogen-bond acceptors (Lipinski definition) is 2. The van der Waals surface area contributed by atoms with E-state index in [1.165, 1.54) is 25.7 Å². The first-order valence-corrected chi connectivity index (χ1v) is 8.46. The maximum absolute atomic E-state index is 12.6. The molecule has 0 saturated heterocycles. The summed E-state index contributed by atoms with van der Waals surface area (Å²) in [5.74, 6) is 1.95. The van der Waals surface area contributed by atoms with Crippen LogP contribution < -0.4 is 0 Å². The highest BCUT2D eigenvalue weighted by Crippen LogP contribution is 2.34. The standard InChI is InChI=1S/C17H22BrNO/c1-12(17(20)15-6-8-16(18)9-7-15)19(10-13-2-3-13)11-14-4-5-14/h6-9,12-14H,2-5,10-11H2,1H3. The molecule has 3 heteroatoms. The Kier molecular flexibility index (Phi) is 4.27. The van der Waals surface area contributed by atoms with E-state index < -0.39 is 0 Å². The molecule has 2 aliphatic rings. The predicted molar refractivity (Wildman–Crippen MR) is 85.0 cm³/mol. The molecular weight excluding hydrogens is 314 g/mol. The largest absolute Gasteiger partial charge is 0.293 e. The highest BCUT2D eigenvalue weighted by molar-refractivity contribution is 9.10. The second-order valence-corrected chi connectivity index (χ2v) is 7.30. The van der Waals surface area contributed by atoms with E-state index in [0.29, 0.717) is 0 Å². The van der Waals surface area contributed by atoms with Gasteiger partial charge in [-0.1, -0.05) is 28.1 Å². The molecule has 20 heavy (non-hydrogen) atoms. The van der Waals surface area contributed by atoms with Crippen molar-refractivity contribution >= 4 is 21.7 Å². The van der Waals surface area contributed by atoms with E-state index >= 15 is 0 Å². The van der Waals surface area contributed by atoms with Crippen molar-refractivity contribution in [1.29, 1.82) is 0 Å². The lowest BCUT2D eigenvalue weighted by Gasteiger charge is -2.28. The monoisotopic (exact) mass is 335 g/mol. The minimum absolute atomic E-state index is 0.0115. The highest BCUT2D eigenvalue weighted by Gasteiger charge is 2.33. The molecule has 2 aliphatic carbocycles. The number of ketones is 1. The molecule has 0 spiro atoms. The molecule has 3 rings (SSSR count). The lowest BCUT2D eigenvalue weighted by molar-refractivity contribution is 0.0824. The van der Waals surface area contributed by atoms with Gasteiger partial charge in [-0.25, -0.2) is 0 Å². The maximum atomic E-state index is 12.6. The lowest BCUT2D eigenvalue weighted by Crippen LogP contribution is -2.41. The first-order chi connectivity index (χ1) is 9.63. The van der Waals surface area contributed by atoms with Gasteiger partial charge in [0.2, 0.25) is 0 Å². The van der Waals surface area contributed by atoms with Gasteiger partial charge >= 0.3 is 0 Å². The normalized spacial score (nSPS) is 20.1. The molecule has 1 aromatic rings. The van der Waals surface area contributed by atoms with Gasteiger partial charge in [0.05, 0.1) is 6.04 Å². The molecule has 1 aromatic carbocycles. The van der Waals surface area contributed by atoms with Gasteiger partial charge in [-0.05, 0) is 56.6 Å². The molecule has 0 aliphatic heterocycles. The summed E-state index contributed by atoms with van der Waals surface area (Å²) in [5.41, 5.74) is 0.831. The van der Waals surface area contributed by atoms with Crippen LogP contribution in [0, 0.1) is 11.8 Å². The molecule has 2 fully saturated rings. The Morgan fingerprint density at radius 2 is 1.65 bits per heavy atom. The van der Waals surface area contributed by atoms with E-state index in [4.69, 9.17) is 0 Å². The third-order valence-electron chi connectivity index (χ3n) is 4.44. The molecule has 1 unspecified atom stereocenters. The van der Waals surface area contributed by atoms with Gasteiger partial charge in [-0.15, -0.1) is 0 Å². The van der Waals surface area contributed by atoms with Crippen LogP contribution in [0.4, 0.5) is 0 Å². The maximum Gasteiger partial charge on any atom is 0.179 e. The smallest absolute Gasteiger partial charge is 0.179 e. The van der Waals surface area contributed by atoms with Gasteiger partial charge in [0.15, 0.2) is 5.78 Å². The minimum Gasteiger partial charge on any atom is -0.293 e. The fraction of sp³-hybridized carbons (Fsp3) is 0.588. The van der Waals surface area contributed by atoms with Crippen LogP contribution in [-0.2, 0) is 0 Å². The van der Waals surface area contributed by atoms with Crippen LogP contribution in [0.1, 0.15) is 43.0 Å². The van der Waals surface area contributed by atoms with Crippen molar-refractivity contribution in [3.63, 3.8) is 0 Å². The minimum atomic E-state index is 0.0115. The third-order valence-corrected chi connectivity index (χ3v) is 4.96. The number of rotatable bonds is 7. The number of benzene rings is 1. The number of Topliss-reactive ketones (excluding diaryl/α,β-unsaturated/α-hetero) is 1. The summed E-state index contributed by atoms with van der Waals surface area (Å²) in [5, 5.41) is 0. The van der Waals surface area contributed by atoms with Gasteiger partial charge in [-0.2, -0.15) is 0 Å². The molecule has 2 nitrogen and oxygen atoms in total. The van der Waals surface area contributed by atoms with Crippen molar-refractivity contribution in [2.75, 3.05) is 13.1 Å². The van der Waals surface area contributed by atoms with Gasteiger partial charge < -0.3 is 0 Å². The zero-order valence-electron chi connectivity index (χ0n) is 12.0. The first kappa shape index (κ1) is 14.3. The summed E-state index contributed by atoms with van der Waals surface area (Å²) in [4.78, 5) is 15.1. The van der Waals surface area contributed by atoms with Crippen molar-refractivity contribution in [3.8, 4) is 0 Å². The number of carbonyl (C=O) groups excluding carboxylic acids is 1. The van der Waals surface area contributed by atoms with E-state index in [1.54, 1.807) is 0 Å². The molecule has 0 amide bonds. The topological polar surface area (TPSA) is 20.3 Å². The van der Waals surface area contributed by atoms with Gasteiger partial charge in [0.1, 0.15) is 0 Å². The van der Waals surface area contributed by atoms with Crippen molar-refractivity contribution in [2.24, 2.45) is 11.8 Å². The molecule has 0 heterocycles. The van der Waals surface area contributed by atoms with Crippen LogP contribution in [0.15, 0.2) is 28.7 Å². The summed E-state index contributed by atoms with van der Waals surface area (Å²) >= 11 is 3.42. The molecule has 1 atom stereocenters. The third kappa shape index (κ3) is 3.70. The Labute approximate surface area is 129 Å². The van der Waals surface area contributed by atoms with E-state index in [-0.39, 0.29) is 11.8 Å². The number of hydrogen-bond donors (Lipinski definition) is 0. The summed E-state index contributed by atoms with van der Waals surface area (Å²) in [7, 11) is 0. The fourth-order valence-corrected chi connectivity index (χ4v) is 2.94. The van der Waals surface area contributed by atoms with E-state index in [1.807, 2.05) is 24.3 Å². The average Bonchev–Trinajstić information content (AvgIpc) is 3.32. The fourth-order valence-electron chi connectivity index (χ4n) is 2.68. The summed E-state index contributed by atoms with van der Waals surface area (Å²) in [6, 6.07) is 7.76. The quantitative estimate of drug-likeness (QED) is 0.698. The molecule has 108 valence electrons. The Morgan fingerprint density at radius 1 is 1.15 bits per heavy atom. The van der Waals surface area contributed by atoms with Gasteiger partial charge in [-0.3, -0.25) is 9.69 Å². The van der Waals surface area contributed by atoms with Crippen molar-refractivity contribution in [2.45, 2.75) is 38.6 Å². The van der Waals surface area contributed by atoms with Crippen molar-refractivity contribution in [3.05, 3.63) is 34.3 Å².